The molecule has 1 fully saturated rings. The molecule has 0 spiro atoms. The molecule has 0 saturated carbocycles. The summed E-state index contributed by atoms with van der Waals surface area (Å²) in [4.78, 5) is 2.44. The number of nitrogens with one attached hydrogen (secondary N) is 1. The van der Waals surface area contributed by atoms with Gasteiger partial charge in [0.25, 0.3) is 0 Å². The molecular formula is C15H22N2O2. The molecule has 3 rings (SSSR count). The highest BCUT2D eigenvalue weighted by Gasteiger charge is 2.18. The van der Waals surface area contributed by atoms with Gasteiger partial charge in [-0.15, -0.1) is 0 Å². The van der Waals surface area contributed by atoms with Gasteiger partial charge in [-0.2, -0.15) is 0 Å². The van der Waals surface area contributed by atoms with E-state index in [2.05, 4.69) is 28.4 Å². The molecule has 0 aromatic heterocycles. The minimum atomic E-state index is 0.491. The van der Waals surface area contributed by atoms with Crippen molar-refractivity contribution in [2.24, 2.45) is 0 Å². The van der Waals surface area contributed by atoms with Gasteiger partial charge < -0.3 is 19.7 Å². The Bertz CT molecular complexity index is 405. The summed E-state index contributed by atoms with van der Waals surface area (Å²) < 4.78 is 11.3. The number of para-hydroxylation sites is 2. The van der Waals surface area contributed by atoms with Crippen LogP contribution >= 0.6 is 0 Å². The lowest BCUT2D eigenvalue weighted by Crippen LogP contribution is -2.43. The zero-order chi connectivity index (χ0) is 12.9. The van der Waals surface area contributed by atoms with Crippen molar-refractivity contribution in [2.75, 3.05) is 44.4 Å². The molecule has 2 aliphatic rings. The first-order valence-electron chi connectivity index (χ1n) is 7.21. The maximum absolute atomic E-state index is 5.79. The molecule has 1 aromatic carbocycles. The Morgan fingerprint density at radius 1 is 1.26 bits per heavy atom. The van der Waals surface area contributed by atoms with Crippen molar-refractivity contribution in [3.05, 3.63) is 24.3 Å². The third-order valence-electron chi connectivity index (χ3n) is 3.78. The number of benzene rings is 1. The first-order chi connectivity index (χ1) is 9.43. The Morgan fingerprint density at radius 3 is 3.11 bits per heavy atom. The molecule has 4 heteroatoms. The van der Waals surface area contributed by atoms with Crippen molar-refractivity contribution in [2.45, 2.75) is 18.9 Å². The van der Waals surface area contributed by atoms with E-state index in [1.54, 1.807) is 0 Å². The van der Waals surface area contributed by atoms with Crippen molar-refractivity contribution in [1.82, 2.24) is 5.32 Å². The third kappa shape index (κ3) is 3.19. The van der Waals surface area contributed by atoms with Crippen LogP contribution in [-0.4, -0.2) is 45.5 Å². The first kappa shape index (κ1) is 12.8. The van der Waals surface area contributed by atoms with Gasteiger partial charge in [0.05, 0.1) is 25.5 Å². The van der Waals surface area contributed by atoms with Gasteiger partial charge in [-0.1, -0.05) is 12.1 Å². The molecule has 1 N–H and O–H groups in total. The Labute approximate surface area is 114 Å². The summed E-state index contributed by atoms with van der Waals surface area (Å²) in [5.74, 6) is 1.02. The van der Waals surface area contributed by atoms with Gasteiger partial charge >= 0.3 is 0 Å². The number of anilines is 1. The number of ether oxygens (including phenoxy) is 2. The van der Waals surface area contributed by atoms with Crippen molar-refractivity contribution in [3.8, 4) is 5.75 Å². The fraction of sp³-hybridized carbons (Fsp3) is 0.600. The number of nitrogens with zero attached hydrogens (tertiary/aromatic N) is 1. The Morgan fingerprint density at radius 2 is 2.21 bits per heavy atom. The van der Waals surface area contributed by atoms with Gasteiger partial charge in [0, 0.05) is 25.7 Å². The van der Waals surface area contributed by atoms with Crippen LogP contribution in [0.15, 0.2) is 24.3 Å². The maximum atomic E-state index is 5.79. The summed E-state index contributed by atoms with van der Waals surface area (Å²) in [7, 11) is 0. The van der Waals surface area contributed by atoms with E-state index >= 15 is 0 Å². The molecule has 1 saturated heterocycles. The standard InChI is InChI=1S/C15H22N2O2/c1-2-5-15-14(4-1)17(8-3-10-19-15)9-6-13-12-18-11-7-16-13/h1-2,4-5,13,16H,3,6-12H2. The molecule has 0 radical (unpaired) electrons. The van der Waals surface area contributed by atoms with E-state index in [0.29, 0.717) is 6.04 Å². The first-order valence-corrected chi connectivity index (χ1v) is 7.21. The predicted molar refractivity (Wildman–Crippen MR) is 76.0 cm³/mol. The van der Waals surface area contributed by atoms with Crippen molar-refractivity contribution < 1.29 is 9.47 Å². The number of rotatable bonds is 3. The maximum Gasteiger partial charge on any atom is 0.142 e. The molecule has 2 aliphatic heterocycles. The van der Waals surface area contributed by atoms with E-state index in [9.17, 15) is 0 Å². The third-order valence-corrected chi connectivity index (χ3v) is 3.78. The minimum Gasteiger partial charge on any atom is -0.491 e. The quantitative estimate of drug-likeness (QED) is 0.898. The second-order valence-corrected chi connectivity index (χ2v) is 5.17. The highest BCUT2D eigenvalue weighted by molar-refractivity contribution is 5.58. The lowest BCUT2D eigenvalue weighted by molar-refractivity contribution is 0.0748. The number of fused-ring (bicyclic) bond motifs is 1. The number of hydrogen-bond acceptors (Lipinski definition) is 4. The van der Waals surface area contributed by atoms with Crippen LogP contribution in [0.25, 0.3) is 0 Å². The van der Waals surface area contributed by atoms with Crippen LogP contribution in [-0.2, 0) is 4.74 Å². The summed E-state index contributed by atoms with van der Waals surface area (Å²) in [5, 5.41) is 3.52. The van der Waals surface area contributed by atoms with Gasteiger partial charge in [0.15, 0.2) is 0 Å². The Kier molecular flexibility index (Phi) is 4.20. The minimum absolute atomic E-state index is 0.491. The molecule has 1 atom stereocenters. The Hall–Kier alpha value is -1.26. The average molecular weight is 262 g/mol. The van der Waals surface area contributed by atoms with Gasteiger partial charge in [-0.3, -0.25) is 0 Å². The van der Waals surface area contributed by atoms with Gasteiger partial charge in [0.1, 0.15) is 5.75 Å². The Balaban J connectivity index is 1.63. The second-order valence-electron chi connectivity index (χ2n) is 5.17. The van der Waals surface area contributed by atoms with Crippen LogP contribution in [0.1, 0.15) is 12.8 Å². The van der Waals surface area contributed by atoms with Crippen molar-refractivity contribution >= 4 is 5.69 Å². The molecule has 104 valence electrons. The van der Waals surface area contributed by atoms with Crippen molar-refractivity contribution in [1.29, 1.82) is 0 Å². The second kappa shape index (κ2) is 6.26. The van der Waals surface area contributed by atoms with E-state index in [4.69, 9.17) is 9.47 Å². The average Bonchev–Trinajstić information content (AvgIpc) is 2.68. The summed E-state index contributed by atoms with van der Waals surface area (Å²) in [5.41, 5.74) is 1.23. The van der Waals surface area contributed by atoms with Crippen LogP contribution < -0.4 is 15.0 Å². The van der Waals surface area contributed by atoms with E-state index in [1.807, 2.05) is 6.07 Å². The lowest BCUT2D eigenvalue weighted by Gasteiger charge is -2.28. The summed E-state index contributed by atoms with van der Waals surface area (Å²) in [6.45, 7) is 5.61. The monoisotopic (exact) mass is 262 g/mol. The molecule has 0 aliphatic carbocycles. The van der Waals surface area contributed by atoms with E-state index in [1.165, 1.54) is 5.69 Å². The van der Waals surface area contributed by atoms with Crippen LogP contribution in [0.2, 0.25) is 0 Å². The number of morpholine rings is 1. The molecule has 19 heavy (non-hydrogen) atoms. The van der Waals surface area contributed by atoms with E-state index in [0.717, 1.165) is 58.0 Å². The van der Waals surface area contributed by atoms with Gasteiger partial charge in [-0.25, -0.2) is 0 Å². The molecule has 1 aromatic rings. The zero-order valence-corrected chi connectivity index (χ0v) is 11.3. The normalized spacial score (nSPS) is 23.4. The molecule has 2 heterocycles. The summed E-state index contributed by atoms with van der Waals surface area (Å²) >= 11 is 0. The SMILES string of the molecule is c1ccc2c(c1)OCCCN2CCC1COCCN1. The molecule has 0 bridgehead atoms. The highest BCUT2D eigenvalue weighted by Crippen LogP contribution is 2.30. The molecule has 0 amide bonds. The van der Waals surface area contributed by atoms with Crippen LogP contribution in [0, 0.1) is 0 Å². The number of hydrogen-bond donors (Lipinski definition) is 1. The molecule has 4 nitrogen and oxygen atoms in total. The van der Waals surface area contributed by atoms with Crippen LogP contribution in [0.5, 0.6) is 5.75 Å². The fourth-order valence-corrected chi connectivity index (χ4v) is 2.75. The zero-order valence-electron chi connectivity index (χ0n) is 11.3. The topological polar surface area (TPSA) is 33.7 Å². The van der Waals surface area contributed by atoms with Crippen LogP contribution in [0.4, 0.5) is 5.69 Å². The van der Waals surface area contributed by atoms with E-state index in [-0.39, 0.29) is 0 Å². The fourth-order valence-electron chi connectivity index (χ4n) is 2.75. The van der Waals surface area contributed by atoms with Gasteiger partial charge in [-0.05, 0) is 25.0 Å². The lowest BCUT2D eigenvalue weighted by atomic mass is 10.1. The predicted octanol–water partition coefficient (Wildman–Crippen LogP) is 1.65. The van der Waals surface area contributed by atoms with E-state index < -0.39 is 0 Å². The summed E-state index contributed by atoms with van der Waals surface area (Å²) in [6, 6.07) is 8.84. The largest absolute Gasteiger partial charge is 0.491 e. The smallest absolute Gasteiger partial charge is 0.142 e. The van der Waals surface area contributed by atoms with Gasteiger partial charge in [0.2, 0.25) is 0 Å². The summed E-state index contributed by atoms with van der Waals surface area (Å²) in [6.07, 6.45) is 2.21. The highest BCUT2D eigenvalue weighted by atomic mass is 16.5. The molecular weight excluding hydrogens is 240 g/mol. The van der Waals surface area contributed by atoms with Crippen LogP contribution in [0.3, 0.4) is 0 Å². The van der Waals surface area contributed by atoms with Crippen molar-refractivity contribution in [3.63, 3.8) is 0 Å². The molecule has 1 unspecified atom stereocenters.